The normalized spacial score (nSPS) is 10.2. The Balaban J connectivity index is 1.46. The first-order valence-electron chi connectivity index (χ1n) is 8.15. The molecule has 0 unspecified atom stereocenters. The number of nitrogens with zero attached hydrogens (tertiary/aromatic N) is 2. The maximum Gasteiger partial charge on any atom is 0.325 e. The number of hydrogen-bond donors (Lipinski definition) is 3. The smallest absolute Gasteiger partial charge is 0.325 e. The summed E-state index contributed by atoms with van der Waals surface area (Å²) < 4.78 is 5.70. The Morgan fingerprint density at radius 2 is 1.79 bits per heavy atom. The van der Waals surface area contributed by atoms with Crippen molar-refractivity contribution >= 4 is 51.5 Å². The second-order valence-corrected chi connectivity index (χ2v) is 7.59. The van der Waals surface area contributed by atoms with Crippen molar-refractivity contribution in [2.75, 3.05) is 28.8 Å². The number of urea groups is 1. The van der Waals surface area contributed by atoms with Gasteiger partial charge in [0, 0.05) is 17.4 Å². The lowest BCUT2D eigenvalue weighted by Gasteiger charge is -2.06. The summed E-state index contributed by atoms with van der Waals surface area (Å²) in [5, 5.41) is 16.3. The third kappa shape index (κ3) is 5.96. The van der Waals surface area contributed by atoms with E-state index in [2.05, 4.69) is 26.1 Å². The minimum atomic E-state index is -0.408. The van der Waals surface area contributed by atoms with E-state index in [0.29, 0.717) is 26.6 Å². The van der Waals surface area contributed by atoms with Gasteiger partial charge in [0.15, 0.2) is 4.34 Å². The SMILES string of the molecule is COc1cccc(NC(=O)CSc2nnc(NC(=O)Nc3ccccc3)s2)c1. The summed E-state index contributed by atoms with van der Waals surface area (Å²) in [4.78, 5) is 24.0. The highest BCUT2D eigenvalue weighted by atomic mass is 32.2. The summed E-state index contributed by atoms with van der Waals surface area (Å²) in [6, 6.07) is 15.8. The highest BCUT2D eigenvalue weighted by molar-refractivity contribution is 8.01. The standard InChI is InChI=1S/C18H17N5O3S2/c1-26-14-9-5-8-13(10-14)19-15(24)11-27-18-23-22-17(28-18)21-16(25)20-12-6-3-2-4-7-12/h2-10H,11H2,1H3,(H,19,24)(H2,20,21,22,25). The molecule has 0 aliphatic rings. The fourth-order valence-electron chi connectivity index (χ4n) is 2.12. The van der Waals surface area contributed by atoms with Crippen LogP contribution in [-0.2, 0) is 4.79 Å². The van der Waals surface area contributed by atoms with Crippen LogP contribution in [0.25, 0.3) is 0 Å². The minimum absolute atomic E-state index is 0.169. The van der Waals surface area contributed by atoms with Crippen LogP contribution in [0.5, 0.6) is 5.75 Å². The molecule has 28 heavy (non-hydrogen) atoms. The molecule has 0 fully saturated rings. The van der Waals surface area contributed by atoms with Crippen LogP contribution in [0.15, 0.2) is 58.9 Å². The third-order valence-corrected chi connectivity index (χ3v) is 5.31. The van der Waals surface area contributed by atoms with Gasteiger partial charge >= 0.3 is 6.03 Å². The van der Waals surface area contributed by atoms with E-state index in [1.54, 1.807) is 43.5 Å². The highest BCUT2D eigenvalue weighted by Crippen LogP contribution is 2.26. The maximum absolute atomic E-state index is 12.1. The first-order valence-corrected chi connectivity index (χ1v) is 9.96. The Hall–Kier alpha value is -3.11. The summed E-state index contributed by atoms with van der Waals surface area (Å²) in [5.74, 6) is 0.658. The molecular formula is C18H17N5O3S2. The van der Waals surface area contributed by atoms with Crippen molar-refractivity contribution < 1.29 is 14.3 Å². The number of carbonyl (C=O) groups excluding carboxylic acids is 2. The number of anilines is 3. The van der Waals surface area contributed by atoms with Crippen molar-refractivity contribution in [2.24, 2.45) is 0 Å². The lowest BCUT2D eigenvalue weighted by atomic mass is 10.3. The molecule has 3 amide bonds. The van der Waals surface area contributed by atoms with Crippen LogP contribution in [-0.4, -0.2) is 35.0 Å². The van der Waals surface area contributed by atoms with Crippen LogP contribution >= 0.6 is 23.1 Å². The van der Waals surface area contributed by atoms with Crippen molar-refractivity contribution in [1.29, 1.82) is 0 Å². The Kier molecular flexibility index (Phi) is 6.82. The zero-order chi connectivity index (χ0) is 19.8. The molecule has 0 saturated carbocycles. The second kappa shape index (κ2) is 9.72. The second-order valence-electron chi connectivity index (χ2n) is 5.39. The molecule has 0 atom stereocenters. The minimum Gasteiger partial charge on any atom is -0.497 e. The Labute approximate surface area is 169 Å². The van der Waals surface area contributed by atoms with E-state index < -0.39 is 6.03 Å². The lowest BCUT2D eigenvalue weighted by molar-refractivity contribution is -0.113. The molecule has 3 N–H and O–H groups in total. The summed E-state index contributed by atoms with van der Waals surface area (Å²) in [7, 11) is 1.57. The number of thioether (sulfide) groups is 1. The number of rotatable bonds is 7. The van der Waals surface area contributed by atoms with Crippen LogP contribution in [0.4, 0.5) is 21.3 Å². The van der Waals surface area contributed by atoms with E-state index in [1.165, 1.54) is 23.1 Å². The Morgan fingerprint density at radius 1 is 1.00 bits per heavy atom. The van der Waals surface area contributed by atoms with Crippen molar-refractivity contribution in [3.05, 3.63) is 54.6 Å². The predicted molar refractivity (Wildman–Crippen MR) is 111 cm³/mol. The molecule has 144 valence electrons. The molecule has 3 aromatic rings. The van der Waals surface area contributed by atoms with E-state index in [9.17, 15) is 9.59 Å². The summed E-state index contributed by atoms with van der Waals surface area (Å²) in [6.07, 6.45) is 0. The molecule has 1 aromatic heterocycles. The number of methoxy groups -OCH3 is 1. The summed E-state index contributed by atoms with van der Waals surface area (Å²) >= 11 is 2.43. The van der Waals surface area contributed by atoms with Crippen molar-refractivity contribution in [1.82, 2.24) is 10.2 Å². The van der Waals surface area contributed by atoms with Gasteiger partial charge in [-0.3, -0.25) is 10.1 Å². The predicted octanol–water partition coefficient (Wildman–Crippen LogP) is 3.92. The molecule has 3 rings (SSSR count). The van der Waals surface area contributed by atoms with Gasteiger partial charge in [0.1, 0.15) is 5.75 Å². The number of benzene rings is 2. The molecule has 1 heterocycles. The van der Waals surface area contributed by atoms with E-state index in [1.807, 2.05) is 18.2 Å². The molecular weight excluding hydrogens is 398 g/mol. The van der Waals surface area contributed by atoms with Gasteiger partial charge in [0.05, 0.1) is 12.9 Å². The molecule has 10 heteroatoms. The highest BCUT2D eigenvalue weighted by Gasteiger charge is 2.11. The van der Waals surface area contributed by atoms with Crippen molar-refractivity contribution in [3.8, 4) is 5.75 Å². The largest absolute Gasteiger partial charge is 0.497 e. The van der Waals surface area contributed by atoms with Gasteiger partial charge in [-0.25, -0.2) is 4.79 Å². The zero-order valence-electron chi connectivity index (χ0n) is 14.8. The van der Waals surface area contributed by atoms with Crippen LogP contribution in [0.1, 0.15) is 0 Å². The van der Waals surface area contributed by atoms with E-state index >= 15 is 0 Å². The van der Waals surface area contributed by atoms with Crippen molar-refractivity contribution in [3.63, 3.8) is 0 Å². The van der Waals surface area contributed by atoms with Gasteiger partial charge in [-0.05, 0) is 24.3 Å². The van der Waals surface area contributed by atoms with Gasteiger partial charge in [0.2, 0.25) is 11.0 Å². The molecule has 8 nitrogen and oxygen atoms in total. The number of ether oxygens (including phenoxy) is 1. The van der Waals surface area contributed by atoms with Crippen molar-refractivity contribution in [2.45, 2.75) is 4.34 Å². The fraction of sp³-hybridized carbons (Fsp3) is 0.111. The summed E-state index contributed by atoms with van der Waals surface area (Å²) in [6.45, 7) is 0. The molecule has 0 radical (unpaired) electrons. The van der Waals surface area contributed by atoms with Crippen LogP contribution in [0.2, 0.25) is 0 Å². The quantitative estimate of drug-likeness (QED) is 0.399. The van der Waals surface area contributed by atoms with Gasteiger partial charge in [-0.15, -0.1) is 10.2 Å². The number of amides is 3. The van der Waals surface area contributed by atoms with E-state index in [4.69, 9.17) is 4.74 Å². The first-order chi connectivity index (χ1) is 13.6. The number of hydrogen-bond acceptors (Lipinski definition) is 7. The van der Waals surface area contributed by atoms with Gasteiger partial charge < -0.3 is 15.4 Å². The number of nitrogens with one attached hydrogen (secondary N) is 3. The van der Waals surface area contributed by atoms with Crippen LogP contribution < -0.4 is 20.7 Å². The van der Waals surface area contributed by atoms with Crippen LogP contribution in [0.3, 0.4) is 0 Å². The molecule has 0 spiro atoms. The Morgan fingerprint density at radius 3 is 2.57 bits per heavy atom. The molecule has 0 saturated heterocycles. The number of para-hydroxylation sites is 1. The molecule has 2 aromatic carbocycles. The molecule has 0 bridgehead atoms. The number of carbonyl (C=O) groups is 2. The first kappa shape index (κ1) is 19.6. The molecule has 0 aliphatic carbocycles. The average Bonchev–Trinajstić information content (AvgIpc) is 3.14. The fourth-order valence-corrected chi connectivity index (χ4v) is 3.67. The summed E-state index contributed by atoms with van der Waals surface area (Å²) in [5.41, 5.74) is 1.33. The maximum atomic E-state index is 12.1. The average molecular weight is 416 g/mol. The Bertz CT molecular complexity index is 949. The topological polar surface area (TPSA) is 105 Å². The van der Waals surface area contributed by atoms with E-state index in [-0.39, 0.29) is 11.7 Å². The van der Waals surface area contributed by atoms with Crippen LogP contribution in [0, 0.1) is 0 Å². The third-order valence-electron chi connectivity index (χ3n) is 3.34. The lowest BCUT2D eigenvalue weighted by Crippen LogP contribution is -2.19. The van der Waals surface area contributed by atoms with Gasteiger partial charge in [-0.1, -0.05) is 47.4 Å². The molecule has 0 aliphatic heterocycles. The number of aromatic nitrogens is 2. The van der Waals surface area contributed by atoms with Gasteiger partial charge in [0.25, 0.3) is 0 Å². The van der Waals surface area contributed by atoms with E-state index in [0.717, 1.165) is 0 Å². The van der Waals surface area contributed by atoms with Gasteiger partial charge in [-0.2, -0.15) is 0 Å². The monoisotopic (exact) mass is 415 g/mol. The zero-order valence-corrected chi connectivity index (χ0v) is 16.5.